The van der Waals surface area contributed by atoms with Crippen LogP contribution in [-0.2, 0) is 9.59 Å². The topological polar surface area (TPSA) is 120 Å². The monoisotopic (exact) mass is 457 g/mol. The second kappa shape index (κ2) is 9.74. The quantitative estimate of drug-likeness (QED) is 0.486. The van der Waals surface area contributed by atoms with Crippen molar-refractivity contribution in [1.82, 2.24) is 10.9 Å². The van der Waals surface area contributed by atoms with Crippen LogP contribution in [0.1, 0.15) is 0 Å². The standard InChI is InChI=1S/C16H13BrClN3O6/c17-10-1-6-14(13(18)7-10)27-9-16(23)20-19-15(22)8-26-12-4-2-11(3-5-12)21(24)25/h1-7H,8-9H2,(H,19,22)(H,20,23). The number of carbonyl (C=O) groups is 2. The van der Waals surface area contributed by atoms with Crippen molar-refractivity contribution in [2.24, 2.45) is 0 Å². The molecule has 2 aromatic carbocycles. The predicted molar refractivity (Wildman–Crippen MR) is 99.5 cm³/mol. The maximum absolute atomic E-state index is 11.7. The Labute approximate surface area is 166 Å². The number of nitrogens with one attached hydrogen (secondary N) is 2. The molecule has 2 amide bonds. The predicted octanol–water partition coefficient (Wildman–Crippen LogP) is 2.62. The van der Waals surface area contributed by atoms with E-state index in [9.17, 15) is 19.7 Å². The molecule has 0 bridgehead atoms. The lowest BCUT2D eigenvalue weighted by Gasteiger charge is -2.10. The van der Waals surface area contributed by atoms with Crippen LogP contribution in [0.25, 0.3) is 0 Å². The van der Waals surface area contributed by atoms with Crippen molar-refractivity contribution in [3.05, 3.63) is 62.1 Å². The van der Waals surface area contributed by atoms with Crippen LogP contribution in [0.15, 0.2) is 46.9 Å². The SMILES string of the molecule is O=C(COc1ccc([N+](=O)[O-])cc1)NNC(=O)COc1ccc(Br)cc1Cl. The van der Waals surface area contributed by atoms with Gasteiger partial charge >= 0.3 is 0 Å². The molecule has 142 valence electrons. The van der Waals surface area contributed by atoms with E-state index >= 15 is 0 Å². The normalized spacial score (nSPS) is 10.0. The van der Waals surface area contributed by atoms with Crippen LogP contribution in [0.3, 0.4) is 0 Å². The molecule has 0 fully saturated rings. The van der Waals surface area contributed by atoms with Crippen LogP contribution < -0.4 is 20.3 Å². The van der Waals surface area contributed by atoms with Crippen molar-refractivity contribution in [3.8, 4) is 11.5 Å². The number of nitro groups is 1. The van der Waals surface area contributed by atoms with Gasteiger partial charge in [-0.2, -0.15) is 0 Å². The van der Waals surface area contributed by atoms with E-state index in [0.717, 1.165) is 4.47 Å². The molecule has 0 spiro atoms. The number of ether oxygens (including phenoxy) is 2. The maximum atomic E-state index is 11.7. The third-order valence-corrected chi connectivity index (χ3v) is 3.80. The molecule has 0 aliphatic heterocycles. The van der Waals surface area contributed by atoms with Gasteiger partial charge in [-0.3, -0.25) is 30.6 Å². The number of rotatable bonds is 7. The molecular formula is C16H13BrClN3O6. The molecule has 2 N–H and O–H groups in total. The highest BCUT2D eigenvalue weighted by Gasteiger charge is 2.09. The number of hydrazine groups is 1. The zero-order chi connectivity index (χ0) is 19.8. The summed E-state index contributed by atoms with van der Waals surface area (Å²) in [7, 11) is 0. The summed E-state index contributed by atoms with van der Waals surface area (Å²) in [6, 6.07) is 10.1. The molecule has 0 atom stereocenters. The molecule has 0 aliphatic carbocycles. The second-order valence-corrected chi connectivity index (χ2v) is 6.32. The van der Waals surface area contributed by atoms with Crippen LogP contribution in [0.2, 0.25) is 5.02 Å². The van der Waals surface area contributed by atoms with Crippen molar-refractivity contribution in [2.45, 2.75) is 0 Å². The van der Waals surface area contributed by atoms with Gasteiger partial charge in [0.05, 0.1) is 9.95 Å². The Bertz CT molecular complexity index is 847. The Morgan fingerprint density at radius 2 is 1.63 bits per heavy atom. The number of carbonyl (C=O) groups excluding carboxylic acids is 2. The molecule has 0 saturated heterocycles. The second-order valence-electron chi connectivity index (χ2n) is 5.00. The third-order valence-electron chi connectivity index (χ3n) is 3.01. The van der Waals surface area contributed by atoms with Crippen LogP contribution in [0.4, 0.5) is 5.69 Å². The molecule has 9 nitrogen and oxygen atoms in total. The van der Waals surface area contributed by atoms with Crippen molar-refractivity contribution >= 4 is 45.0 Å². The van der Waals surface area contributed by atoms with Crippen LogP contribution in [0.5, 0.6) is 11.5 Å². The summed E-state index contributed by atoms with van der Waals surface area (Å²) in [5.74, 6) is -0.626. The van der Waals surface area contributed by atoms with Crippen LogP contribution >= 0.6 is 27.5 Å². The fraction of sp³-hybridized carbons (Fsp3) is 0.125. The van der Waals surface area contributed by atoms with E-state index in [4.69, 9.17) is 21.1 Å². The fourth-order valence-corrected chi connectivity index (χ4v) is 2.49. The number of amides is 2. The Balaban J connectivity index is 1.70. The molecule has 0 unspecified atom stereocenters. The molecule has 0 saturated carbocycles. The van der Waals surface area contributed by atoms with E-state index in [1.54, 1.807) is 18.2 Å². The van der Waals surface area contributed by atoms with Crippen molar-refractivity contribution < 1.29 is 24.0 Å². The zero-order valence-corrected chi connectivity index (χ0v) is 16.0. The van der Waals surface area contributed by atoms with E-state index in [-0.39, 0.29) is 18.0 Å². The highest BCUT2D eigenvalue weighted by Crippen LogP contribution is 2.27. The molecule has 2 aromatic rings. The number of halogens is 2. The Hall–Kier alpha value is -2.85. The summed E-state index contributed by atoms with van der Waals surface area (Å²) in [5, 5.41) is 10.9. The summed E-state index contributed by atoms with van der Waals surface area (Å²) in [4.78, 5) is 33.3. The first-order valence-electron chi connectivity index (χ1n) is 7.38. The average molecular weight is 459 g/mol. The van der Waals surface area contributed by atoms with E-state index in [2.05, 4.69) is 26.8 Å². The van der Waals surface area contributed by atoms with E-state index < -0.39 is 23.3 Å². The van der Waals surface area contributed by atoms with Crippen molar-refractivity contribution in [2.75, 3.05) is 13.2 Å². The lowest BCUT2D eigenvalue weighted by atomic mass is 10.3. The first-order valence-corrected chi connectivity index (χ1v) is 8.55. The van der Waals surface area contributed by atoms with Gasteiger partial charge in [-0.1, -0.05) is 27.5 Å². The number of non-ortho nitro benzene ring substituents is 1. The minimum atomic E-state index is -0.622. The third kappa shape index (κ3) is 6.76. The molecule has 27 heavy (non-hydrogen) atoms. The Morgan fingerprint density at radius 1 is 1.04 bits per heavy atom. The fourth-order valence-electron chi connectivity index (χ4n) is 1.76. The molecule has 11 heteroatoms. The van der Waals surface area contributed by atoms with Gasteiger partial charge in [0.2, 0.25) is 0 Å². The van der Waals surface area contributed by atoms with Gasteiger partial charge in [-0.05, 0) is 30.3 Å². The molecule has 0 aromatic heterocycles. The van der Waals surface area contributed by atoms with E-state index in [1.165, 1.54) is 24.3 Å². The first kappa shape index (κ1) is 20.5. The largest absolute Gasteiger partial charge is 0.484 e. The highest BCUT2D eigenvalue weighted by atomic mass is 79.9. The maximum Gasteiger partial charge on any atom is 0.276 e. The number of benzene rings is 2. The average Bonchev–Trinajstić information content (AvgIpc) is 2.64. The van der Waals surface area contributed by atoms with E-state index in [0.29, 0.717) is 10.8 Å². The van der Waals surface area contributed by atoms with Gasteiger partial charge < -0.3 is 9.47 Å². The number of nitrogens with zero attached hydrogens (tertiary/aromatic N) is 1. The summed E-state index contributed by atoms with van der Waals surface area (Å²) in [5.41, 5.74) is 4.22. The number of hydrogen-bond acceptors (Lipinski definition) is 6. The zero-order valence-electron chi connectivity index (χ0n) is 13.6. The van der Waals surface area contributed by atoms with Crippen molar-refractivity contribution in [1.29, 1.82) is 0 Å². The summed E-state index contributed by atoms with van der Waals surface area (Å²) >= 11 is 9.21. The summed E-state index contributed by atoms with van der Waals surface area (Å²) in [6.07, 6.45) is 0. The lowest BCUT2D eigenvalue weighted by Crippen LogP contribution is -2.45. The molecule has 0 aliphatic rings. The first-order chi connectivity index (χ1) is 12.8. The summed E-state index contributed by atoms with van der Waals surface area (Å²) in [6.45, 7) is -0.748. The molecule has 2 rings (SSSR count). The smallest absolute Gasteiger partial charge is 0.276 e. The number of hydrogen-bond donors (Lipinski definition) is 2. The Kier molecular flexibility index (Phi) is 7.38. The Morgan fingerprint density at radius 3 is 2.19 bits per heavy atom. The minimum Gasteiger partial charge on any atom is -0.484 e. The van der Waals surface area contributed by atoms with E-state index in [1.807, 2.05) is 0 Å². The minimum absolute atomic E-state index is 0.0926. The molecule has 0 heterocycles. The molecular weight excluding hydrogens is 446 g/mol. The molecule has 0 radical (unpaired) electrons. The van der Waals surface area contributed by atoms with Gasteiger partial charge in [0.1, 0.15) is 11.5 Å². The van der Waals surface area contributed by atoms with Crippen molar-refractivity contribution in [3.63, 3.8) is 0 Å². The highest BCUT2D eigenvalue weighted by molar-refractivity contribution is 9.10. The van der Waals surface area contributed by atoms with Gasteiger partial charge in [-0.25, -0.2) is 0 Å². The summed E-state index contributed by atoms with van der Waals surface area (Å²) < 4.78 is 11.2. The van der Waals surface area contributed by atoms with Gasteiger partial charge in [-0.15, -0.1) is 0 Å². The number of nitro benzene ring substituents is 1. The van der Waals surface area contributed by atoms with Gasteiger partial charge in [0.15, 0.2) is 13.2 Å². The van der Waals surface area contributed by atoms with Gasteiger partial charge in [0.25, 0.3) is 17.5 Å². The van der Waals surface area contributed by atoms with Crippen LogP contribution in [0, 0.1) is 10.1 Å². The van der Waals surface area contributed by atoms with Crippen LogP contribution in [-0.4, -0.2) is 30.0 Å². The van der Waals surface area contributed by atoms with Gasteiger partial charge in [0, 0.05) is 16.6 Å². The lowest BCUT2D eigenvalue weighted by molar-refractivity contribution is -0.384.